The molecule has 1 aliphatic heterocycles. The van der Waals surface area contributed by atoms with Crippen LogP contribution in [0.2, 0.25) is 18.1 Å². The van der Waals surface area contributed by atoms with Gasteiger partial charge in [-0.3, -0.25) is 0 Å². The molecule has 1 heterocycles. The van der Waals surface area contributed by atoms with E-state index in [1.54, 1.807) is 4.90 Å². The Balaban J connectivity index is 2.11. The minimum absolute atomic E-state index is 0.0962. The van der Waals surface area contributed by atoms with E-state index in [-0.39, 0.29) is 17.2 Å². The van der Waals surface area contributed by atoms with Crippen molar-refractivity contribution >= 4 is 14.4 Å². The topological polar surface area (TPSA) is 48.0 Å². The summed E-state index contributed by atoms with van der Waals surface area (Å²) in [5.41, 5.74) is 1.65. The van der Waals surface area contributed by atoms with Crippen molar-refractivity contribution in [2.24, 2.45) is 0 Å². The van der Waals surface area contributed by atoms with Crippen LogP contribution in [-0.2, 0) is 20.5 Å². The number of hydrogen-bond acceptors (Lipinski definition) is 4. The number of carbonyl (C=O) groups excluding carboxylic acids is 1. The highest BCUT2D eigenvalue weighted by atomic mass is 28.4. The third-order valence-electron chi connectivity index (χ3n) is 5.52. The van der Waals surface area contributed by atoms with Crippen molar-refractivity contribution < 1.29 is 18.7 Å². The molecule has 0 unspecified atom stereocenters. The predicted octanol–water partition coefficient (Wildman–Crippen LogP) is 5.77. The van der Waals surface area contributed by atoms with Gasteiger partial charge in [0.05, 0.1) is 25.9 Å². The van der Waals surface area contributed by atoms with Gasteiger partial charge in [0, 0.05) is 6.54 Å². The summed E-state index contributed by atoms with van der Waals surface area (Å²) in [6.45, 7) is 18.8. The van der Waals surface area contributed by atoms with E-state index in [0.717, 1.165) is 11.1 Å². The van der Waals surface area contributed by atoms with Crippen LogP contribution in [0.3, 0.4) is 0 Å². The number of hydrogen-bond donors (Lipinski definition) is 0. The molecular formula is C24H39NO4Si. The minimum atomic E-state index is -1.98. The fourth-order valence-corrected chi connectivity index (χ4v) is 4.21. The molecule has 30 heavy (non-hydrogen) atoms. The van der Waals surface area contributed by atoms with Crippen LogP contribution in [0.1, 0.15) is 47.1 Å². The lowest BCUT2D eigenvalue weighted by molar-refractivity contribution is 0.0172. The Hall–Kier alpha value is -1.63. The van der Waals surface area contributed by atoms with Crippen LogP contribution in [-0.4, -0.2) is 50.7 Å². The van der Waals surface area contributed by atoms with Gasteiger partial charge in [-0.05, 0) is 50.0 Å². The second kappa shape index (κ2) is 9.67. The van der Waals surface area contributed by atoms with E-state index < -0.39 is 13.9 Å². The van der Waals surface area contributed by atoms with Crippen LogP contribution in [0.5, 0.6) is 0 Å². The van der Waals surface area contributed by atoms with Gasteiger partial charge in [-0.2, -0.15) is 0 Å². The molecule has 0 fully saturated rings. The van der Waals surface area contributed by atoms with Crippen LogP contribution in [0.4, 0.5) is 4.79 Å². The summed E-state index contributed by atoms with van der Waals surface area (Å²) in [4.78, 5) is 14.5. The predicted molar refractivity (Wildman–Crippen MR) is 124 cm³/mol. The molecule has 0 radical (unpaired) electrons. The highest BCUT2D eigenvalue weighted by Crippen LogP contribution is 2.38. The molecule has 168 valence electrons. The zero-order chi connectivity index (χ0) is 22.6. The first-order valence-corrected chi connectivity index (χ1v) is 13.6. The van der Waals surface area contributed by atoms with Crippen LogP contribution in [0.25, 0.3) is 0 Å². The largest absolute Gasteiger partial charge is 0.444 e. The molecule has 5 nitrogen and oxygen atoms in total. The molecule has 0 spiro atoms. The Kier molecular flexibility index (Phi) is 7.94. The molecule has 1 aliphatic rings. The Bertz CT molecular complexity index is 732. The first kappa shape index (κ1) is 24.6. The van der Waals surface area contributed by atoms with Gasteiger partial charge < -0.3 is 18.8 Å². The first-order chi connectivity index (χ1) is 13.8. The van der Waals surface area contributed by atoms with Crippen LogP contribution in [0.15, 0.2) is 42.0 Å². The highest BCUT2D eigenvalue weighted by molar-refractivity contribution is 6.74. The van der Waals surface area contributed by atoms with Gasteiger partial charge in [0.1, 0.15) is 5.60 Å². The quantitative estimate of drug-likeness (QED) is 0.422. The van der Waals surface area contributed by atoms with Crippen molar-refractivity contribution in [3.05, 3.63) is 47.5 Å². The van der Waals surface area contributed by atoms with E-state index in [9.17, 15) is 4.79 Å². The van der Waals surface area contributed by atoms with Crippen molar-refractivity contribution in [1.82, 2.24) is 4.90 Å². The molecule has 0 saturated carbocycles. The molecular weight excluding hydrogens is 394 g/mol. The van der Waals surface area contributed by atoms with E-state index in [4.69, 9.17) is 13.9 Å². The molecule has 0 saturated heterocycles. The Morgan fingerprint density at radius 2 is 1.70 bits per heavy atom. The lowest BCUT2D eigenvalue weighted by Gasteiger charge is -2.41. The smallest absolute Gasteiger partial charge is 0.410 e. The summed E-state index contributed by atoms with van der Waals surface area (Å²) < 4.78 is 18.2. The van der Waals surface area contributed by atoms with Crippen LogP contribution < -0.4 is 0 Å². The van der Waals surface area contributed by atoms with Crippen molar-refractivity contribution in [3.63, 3.8) is 0 Å². The summed E-state index contributed by atoms with van der Waals surface area (Å²) in [5, 5.41) is 0.0962. The number of amides is 1. The fourth-order valence-electron chi connectivity index (χ4n) is 2.96. The minimum Gasteiger partial charge on any atom is -0.444 e. The maximum atomic E-state index is 12.8. The molecule has 0 aromatic heterocycles. The molecule has 0 aliphatic carbocycles. The Morgan fingerprint density at radius 1 is 1.07 bits per heavy atom. The normalized spacial score (nSPS) is 18.2. The van der Waals surface area contributed by atoms with Gasteiger partial charge in [0.2, 0.25) is 0 Å². The highest BCUT2D eigenvalue weighted by Gasteiger charge is 2.40. The average Bonchev–Trinajstić information content (AvgIpc) is 2.59. The molecule has 1 aromatic rings. The first-order valence-electron chi connectivity index (χ1n) is 10.7. The van der Waals surface area contributed by atoms with E-state index >= 15 is 0 Å². The van der Waals surface area contributed by atoms with E-state index in [2.05, 4.69) is 39.9 Å². The number of carbonyl (C=O) groups is 1. The van der Waals surface area contributed by atoms with Crippen LogP contribution in [0, 0.1) is 0 Å². The van der Waals surface area contributed by atoms with E-state index in [1.807, 2.05) is 51.1 Å². The van der Waals surface area contributed by atoms with Gasteiger partial charge in [-0.25, -0.2) is 4.79 Å². The monoisotopic (exact) mass is 433 g/mol. The summed E-state index contributed by atoms with van der Waals surface area (Å²) in [6.07, 6.45) is 1.69. The lowest BCUT2D eigenvalue weighted by atomic mass is 10.1. The Morgan fingerprint density at radius 3 is 2.27 bits per heavy atom. The zero-order valence-electron chi connectivity index (χ0n) is 20.0. The number of rotatable bonds is 6. The van der Waals surface area contributed by atoms with E-state index in [1.165, 1.54) is 0 Å². The molecule has 1 aromatic carbocycles. The summed E-state index contributed by atoms with van der Waals surface area (Å²) in [7, 11) is -1.98. The number of benzene rings is 1. The lowest BCUT2D eigenvalue weighted by Crippen LogP contribution is -2.50. The standard InChI is InChI=1S/C24H39NO4Si/c1-23(2,3)28-22(26)25-15-20(18-27-17-19-12-10-9-11-13-19)14-21(16-25)29-30(7,8)24(4,5)6/h9-14,21H,15-18H2,1-8H3/t21-/m0/s1. The molecule has 1 amide bonds. The maximum absolute atomic E-state index is 12.8. The van der Waals surface area contributed by atoms with Crippen molar-refractivity contribution in [1.29, 1.82) is 0 Å². The molecule has 1 atom stereocenters. The number of nitrogens with zero attached hydrogens (tertiary/aromatic N) is 1. The molecule has 0 bridgehead atoms. The molecule has 6 heteroatoms. The van der Waals surface area contributed by atoms with Crippen molar-refractivity contribution in [3.8, 4) is 0 Å². The van der Waals surface area contributed by atoms with Gasteiger partial charge in [0.25, 0.3) is 0 Å². The van der Waals surface area contributed by atoms with Gasteiger partial charge >= 0.3 is 6.09 Å². The van der Waals surface area contributed by atoms with Gasteiger partial charge in [0.15, 0.2) is 8.32 Å². The molecule has 0 N–H and O–H groups in total. The summed E-state index contributed by atoms with van der Waals surface area (Å²) in [5.74, 6) is 0. The van der Waals surface area contributed by atoms with E-state index in [0.29, 0.717) is 26.3 Å². The van der Waals surface area contributed by atoms with Crippen molar-refractivity contribution in [2.45, 2.75) is 78.0 Å². The third kappa shape index (κ3) is 7.56. The summed E-state index contributed by atoms with van der Waals surface area (Å²) >= 11 is 0. The van der Waals surface area contributed by atoms with Crippen LogP contribution >= 0.6 is 0 Å². The zero-order valence-corrected chi connectivity index (χ0v) is 21.0. The summed E-state index contributed by atoms with van der Waals surface area (Å²) in [6, 6.07) is 10.1. The number of ether oxygens (including phenoxy) is 2. The second-order valence-corrected chi connectivity index (χ2v) is 15.3. The molecule has 2 rings (SSSR count). The van der Waals surface area contributed by atoms with Crippen molar-refractivity contribution in [2.75, 3.05) is 19.7 Å². The van der Waals surface area contributed by atoms with Gasteiger partial charge in [-0.1, -0.05) is 57.2 Å². The fraction of sp³-hybridized carbons (Fsp3) is 0.625. The van der Waals surface area contributed by atoms with Gasteiger partial charge in [-0.15, -0.1) is 0 Å². The Labute approximate surface area is 183 Å². The second-order valence-electron chi connectivity index (χ2n) is 10.6. The average molecular weight is 434 g/mol. The maximum Gasteiger partial charge on any atom is 0.410 e. The third-order valence-corrected chi connectivity index (χ3v) is 10.0. The SMILES string of the molecule is CC(C)(C)OC(=O)N1CC(COCc2ccccc2)=C[C@H](O[Si](C)(C)C(C)(C)C)C1.